The highest BCUT2D eigenvalue weighted by Crippen LogP contribution is 2.44. The van der Waals surface area contributed by atoms with Gasteiger partial charge in [0.05, 0.1) is 4.92 Å². The van der Waals surface area contributed by atoms with Gasteiger partial charge < -0.3 is 0 Å². The Kier molecular flexibility index (Phi) is 6.30. The third-order valence-electron chi connectivity index (χ3n) is 7.65. The van der Waals surface area contributed by atoms with Crippen molar-refractivity contribution in [3.8, 4) is 0 Å². The maximum atomic E-state index is 11.1. The van der Waals surface area contributed by atoms with Gasteiger partial charge in [0.15, 0.2) is 0 Å². The summed E-state index contributed by atoms with van der Waals surface area (Å²) < 4.78 is 0. The van der Waals surface area contributed by atoms with Crippen LogP contribution < -0.4 is 0 Å². The Hall–Kier alpha value is -4.57. The molecule has 0 N–H and O–H groups in total. The topological polar surface area (TPSA) is 56.0 Å². The van der Waals surface area contributed by atoms with Crippen molar-refractivity contribution in [2.24, 2.45) is 5.92 Å². The highest BCUT2D eigenvalue weighted by Gasteiger charge is 2.28. The van der Waals surface area contributed by atoms with E-state index in [1.165, 1.54) is 38.2 Å². The minimum atomic E-state index is -0.330. The van der Waals surface area contributed by atoms with Crippen molar-refractivity contribution >= 4 is 38.0 Å². The third kappa shape index (κ3) is 4.50. The molecule has 4 heteroatoms. The average molecular weight is 497 g/mol. The van der Waals surface area contributed by atoms with E-state index in [0.717, 1.165) is 23.6 Å². The van der Waals surface area contributed by atoms with E-state index in [2.05, 4.69) is 72.6 Å². The number of rotatable bonds is 2. The number of nitro groups is 1. The van der Waals surface area contributed by atoms with E-state index in [9.17, 15) is 10.1 Å². The molecule has 0 fully saturated rings. The molecular formula is C34H28N2O2. The van der Waals surface area contributed by atoms with Gasteiger partial charge in [-0.1, -0.05) is 85.8 Å². The van der Waals surface area contributed by atoms with Gasteiger partial charge in [-0.2, -0.15) is 0 Å². The number of fused-ring (bicyclic) bond motifs is 6. The fourth-order valence-electron chi connectivity index (χ4n) is 5.90. The second kappa shape index (κ2) is 10.1. The molecule has 0 saturated carbocycles. The Bertz CT molecular complexity index is 1710. The zero-order chi connectivity index (χ0) is 26.1. The van der Waals surface area contributed by atoms with E-state index in [-0.39, 0.29) is 10.6 Å². The minimum Gasteiger partial charge on any atom is -0.264 e. The second-order valence-electron chi connectivity index (χ2n) is 10.2. The predicted octanol–water partition coefficient (Wildman–Crippen LogP) is 8.85. The fourth-order valence-corrected chi connectivity index (χ4v) is 5.90. The maximum absolute atomic E-state index is 11.1. The summed E-state index contributed by atoms with van der Waals surface area (Å²) in [5.41, 5.74) is 4.37. The number of nitro benzene ring substituents is 1. The molecule has 186 valence electrons. The van der Waals surface area contributed by atoms with Crippen molar-refractivity contribution < 1.29 is 4.92 Å². The highest BCUT2D eigenvalue weighted by atomic mass is 16.6. The van der Waals surface area contributed by atoms with Gasteiger partial charge in [-0.05, 0) is 79.9 Å². The Balaban J connectivity index is 0.000000221. The summed E-state index contributed by atoms with van der Waals surface area (Å²) in [4.78, 5) is 14.8. The molecule has 1 aliphatic carbocycles. The van der Waals surface area contributed by atoms with Gasteiger partial charge in [0.2, 0.25) is 0 Å². The summed E-state index contributed by atoms with van der Waals surface area (Å²) in [5.74, 6) is 1.04. The van der Waals surface area contributed by atoms with Crippen LogP contribution in [0.2, 0.25) is 0 Å². The van der Waals surface area contributed by atoms with Crippen molar-refractivity contribution in [2.75, 3.05) is 0 Å². The predicted molar refractivity (Wildman–Crippen MR) is 156 cm³/mol. The number of benzene rings is 5. The first-order valence-electron chi connectivity index (χ1n) is 13.0. The molecule has 5 aromatic carbocycles. The molecular weight excluding hydrogens is 468 g/mol. The van der Waals surface area contributed by atoms with Crippen LogP contribution in [-0.4, -0.2) is 9.91 Å². The van der Waals surface area contributed by atoms with E-state index < -0.39 is 0 Å². The summed E-state index contributed by atoms with van der Waals surface area (Å²) in [7, 11) is 0. The first-order chi connectivity index (χ1) is 18.6. The van der Waals surface area contributed by atoms with Crippen LogP contribution in [0.15, 0.2) is 116 Å². The van der Waals surface area contributed by atoms with Gasteiger partial charge in [0.1, 0.15) is 0 Å². The smallest absolute Gasteiger partial charge is 0.264 e. The zero-order valence-electron chi connectivity index (χ0n) is 21.2. The molecule has 0 aliphatic heterocycles. The molecule has 1 heterocycles. The molecule has 2 atom stereocenters. The highest BCUT2D eigenvalue weighted by molar-refractivity contribution is 6.09. The number of non-ortho nitro benzene ring substituents is 1. The van der Waals surface area contributed by atoms with Gasteiger partial charge in [-0.3, -0.25) is 15.1 Å². The third-order valence-corrected chi connectivity index (χ3v) is 7.65. The van der Waals surface area contributed by atoms with Gasteiger partial charge in [0, 0.05) is 30.4 Å². The van der Waals surface area contributed by atoms with E-state index in [1.54, 1.807) is 12.1 Å². The molecule has 38 heavy (non-hydrogen) atoms. The average Bonchev–Trinajstić information content (AvgIpc) is 2.96. The lowest BCUT2D eigenvalue weighted by atomic mass is 9.72. The molecule has 1 aliphatic rings. The summed E-state index contributed by atoms with van der Waals surface area (Å²) in [5, 5.41) is 18.0. The number of nitrogens with zero attached hydrogens (tertiary/aromatic N) is 2. The molecule has 1 aromatic heterocycles. The first kappa shape index (κ1) is 23.8. The van der Waals surface area contributed by atoms with Crippen LogP contribution in [-0.2, 0) is 6.42 Å². The van der Waals surface area contributed by atoms with Crippen molar-refractivity contribution in [3.05, 3.63) is 142 Å². The molecule has 0 amide bonds. The van der Waals surface area contributed by atoms with Gasteiger partial charge in [-0.15, -0.1) is 0 Å². The standard InChI is InChI=1S/C25H21NO2.C9H7N/c1-16-13-19-8-10-22-21-12-9-20(26(27)28)15-18(21)7-11-23(22)25(19)24(14-16)17-5-3-2-4-6-17;1-2-4-9-7-10-6-5-8(9)3-1/h2-12,15-16,24H,13-14H2,1H3;1-7H. The van der Waals surface area contributed by atoms with Crippen molar-refractivity contribution in [1.29, 1.82) is 0 Å². The summed E-state index contributed by atoms with van der Waals surface area (Å²) in [6.07, 6.45) is 5.93. The van der Waals surface area contributed by atoms with Crippen molar-refractivity contribution in [3.63, 3.8) is 0 Å². The van der Waals surface area contributed by atoms with Crippen LogP contribution in [0.3, 0.4) is 0 Å². The van der Waals surface area contributed by atoms with Gasteiger partial charge in [0.25, 0.3) is 5.69 Å². The van der Waals surface area contributed by atoms with E-state index in [4.69, 9.17) is 0 Å². The fraction of sp³-hybridized carbons (Fsp3) is 0.147. The monoisotopic (exact) mass is 496 g/mol. The molecule has 0 bridgehead atoms. The summed E-state index contributed by atoms with van der Waals surface area (Å²) in [6, 6.07) is 34.8. The minimum absolute atomic E-state index is 0.140. The molecule has 4 nitrogen and oxygen atoms in total. The lowest BCUT2D eigenvalue weighted by Gasteiger charge is -2.31. The van der Waals surface area contributed by atoms with Crippen LogP contribution in [0.1, 0.15) is 36.0 Å². The quantitative estimate of drug-likeness (QED) is 0.137. The molecule has 2 unspecified atom stereocenters. The largest absolute Gasteiger partial charge is 0.270 e. The normalized spacial score (nSPS) is 16.6. The number of pyridine rings is 1. The Morgan fingerprint density at radius 2 is 1.50 bits per heavy atom. The Labute approximate surface area is 221 Å². The molecule has 6 aromatic rings. The van der Waals surface area contributed by atoms with E-state index in [0.29, 0.717) is 11.8 Å². The zero-order valence-corrected chi connectivity index (χ0v) is 21.2. The van der Waals surface area contributed by atoms with Crippen molar-refractivity contribution in [2.45, 2.75) is 25.7 Å². The molecule has 0 spiro atoms. The Morgan fingerprint density at radius 1 is 0.763 bits per heavy atom. The van der Waals surface area contributed by atoms with Gasteiger partial charge >= 0.3 is 0 Å². The number of hydrogen-bond donors (Lipinski definition) is 0. The lowest BCUT2D eigenvalue weighted by Crippen LogP contribution is -2.18. The first-order valence-corrected chi connectivity index (χ1v) is 13.0. The van der Waals surface area contributed by atoms with Gasteiger partial charge in [-0.25, -0.2) is 0 Å². The number of aromatic nitrogens is 1. The number of hydrogen-bond acceptors (Lipinski definition) is 3. The van der Waals surface area contributed by atoms with Crippen LogP contribution in [0.4, 0.5) is 5.69 Å². The maximum Gasteiger partial charge on any atom is 0.270 e. The van der Waals surface area contributed by atoms with E-state index >= 15 is 0 Å². The Morgan fingerprint density at radius 3 is 2.29 bits per heavy atom. The van der Waals surface area contributed by atoms with Crippen molar-refractivity contribution in [1.82, 2.24) is 4.98 Å². The van der Waals surface area contributed by atoms with Crippen LogP contribution in [0.25, 0.3) is 32.3 Å². The SMILES string of the molecule is CC1Cc2ccc3c(ccc4cc([N+](=O)[O-])ccc43)c2C(c2ccccc2)C1.c1ccc2cnccc2c1. The van der Waals surface area contributed by atoms with E-state index in [1.807, 2.05) is 42.7 Å². The molecule has 0 radical (unpaired) electrons. The second-order valence-corrected chi connectivity index (χ2v) is 10.2. The summed E-state index contributed by atoms with van der Waals surface area (Å²) in [6.45, 7) is 2.34. The molecule has 7 rings (SSSR count). The van der Waals surface area contributed by atoms with Crippen LogP contribution in [0, 0.1) is 16.0 Å². The lowest BCUT2D eigenvalue weighted by molar-refractivity contribution is -0.384. The van der Waals surface area contributed by atoms with Crippen LogP contribution >= 0.6 is 0 Å². The molecule has 0 saturated heterocycles. The summed E-state index contributed by atoms with van der Waals surface area (Å²) >= 11 is 0. The van der Waals surface area contributed by atoms with Crippen LogP contribution in [0.5, 0.6) is 0 Å².